The number of H-pyrrole nitrogens is 1. The number of aromatic amines is 1. The highest BCUT2D eigenvalue weighted by atomic mass is 16.2. The Morgan fingerprint density at radius 3 is 2.26 bits per heavy atom. The molecule has 5 nitrogen and oxygen atoms in total. The Bertz CT molecular complexity index is 463. The highest BCUT2D eigenvalue weighted by molar-refractivity contribution is 5.91. The fraction of sp³-hybridized carbons (Fsp3) is 0.643. The summed E-state index contributed by atoms with van der Waals surface area (Å²) in [5.74, 6) is 0.740. The van der Waals surface area contributed by atoms with E-state index in [0.717, 1.165) is 0 Å². The lowest BCUT2D eigenvalue weighted by molar-refractivity contribution is 0.0604. The van der Waals surface area contributed by atoms with Crippen molar-refractivity contribution < 1.29 is 4.79 Å². The van der Waals surface area contributed by atoms with Crippen LogP contribution < -0.4 is 0 Å². The van der Waals surface area contributed by atoms with E-state index in [0.29, 0.717) is 12.4 Å². The van der Waals surface area contributed by atoms with Crippen LogP contribution in [0, 0.1) is 0 Å². The molecule has 0 aliphatic carbocycles. The molecule has 5 heteroatoms. The zero-order chi connectivity index (χ0) is 14.8. The second-order valence-electron chi connectivity index (χ2n) is 6.63. The van der Waals surface area contributed by atoms with Gasteiger partial charge in [-0.3, -0.25) is 9.89 Å². The maximum atomic E-state index is 12.5. The predicted octanol–water partition coefficient (Wildman–Crippen LogP) is 2.53. The third-order valence-electron chi connectivity index (χ3n) is 2.75. The molecule has 0 aromatic carbocycles. The molecule has 106 valence electrons. The topological polar surface area (TPSA) is 61.9 Å². The van der Waals surface area contributed by atoms with Crippen LogP contribution in [0.25, 0.3) is 0 Å². The van der Waals surface area contributed by atoms with Gasteiger partial charge >= 0.3 is 0 Å². The number of hydrogen-bond donors (Lipinski definition) is 1. The molecule has 0 aliphatic heterocycles. The molecule has 1 aromatic rings. The Hall–Kier alpha value is -1.65. The number of rotatable bonds is 3. The quantitative estimate of drug-likeness (QED) is 0.853. The summed E-state index contributed by atoms with van der Waals surface area (Å²) in [6.07, 6.45) is 1.71. The zero-order valence-corrected chi connectivity index (χ0v) is 12.7. The van der Waals surface area contributed by atoms with Crippen LogP contribution >= 0.6 is 0 Å². The number of carbonyl (C=O) groups excluding carboxylic acids is 1. The van der Waals surface area contributed by atoms with Crippen molar-refractivity contribution in [2.75, 3.05) is 6.54 Å². The van der Waals surface area contributed by atoms with Crippen molar-refractivity contribution in [3.05, 3.63) is 24.3 Å². The first kappa shape index (κ1) is 15.4. The molecule has 0 atom stereocenters. The first-order valence-electron chi connectivity index (χ1n) is 6.43. The van der Waals surface area contributed by atoms with Gasteiger partial charge in [0.25, 0.3) is 5.91 Å². The van der Waals surface area contributed by atoms with Gasteiger partial charge in [0, 0.05) is 17.5 Å². The molecule has 1 aromatic heterocycles. The van der Waals surface area contributed by atoms with Crippen molar-refractivity contribution >= 4 is 5.91 Å². The minimum Gasteiger partial charge on any atom is -0.327 e. The zero-order valence-electron chi connectivity index (χ0n) is 12.7. The van der Waals surface area contributed by atoms with E-state index in [1.165, 1.54) is 0 Å². The smallest absolute Gasteiger partial charge is 0.294 e. The van der Waals surface area contributed by atoms with Crippen LogP contribution in [-0.4, -0.2) is 38.1 Å². The van der Waals surface area contributed by atoms with Crippen molar-refractivity contribution in [1.29, 1.82) is 0 Å². The van der Waals surface area contributed by atoms with Gasteiger partial charge in [-0.15, -0.1) is 11.7 Å². The minimum absolute atomic E-state index is 0.156. The lowest BCUT2D eigenvalue weighted by Crippen LogP contribution is -2.46. The summed E-state index contributed by atoms with van der Waals surface area (Å²) in [4.78, 5) is 18.5. The summed E-state index contributed by atoms with van der Waals surface area (Å²) in [5.41, 5.74) is -0.454. The van der Waals surface area contributed by atoms with Crippen molar-refractivity contribution in [2.45, 2.75) is 52.5 Å². The Kier molecular flexibility index (Phi) is 4.18. The van der Waals surface area contributed by atoms with E-state index < -0.39 is 0 Å². The minimum atomic E-state index is -0.298. The molecule has 1 N–H and O–H groups in total. The van der Waals surface area contributed by atoms with Crippen LogP contribution in [0.3, 0.4) is 0 Å². The largest absolute Gasteiger partial charge is 0.327 e. The molecule has 0 fully saturated rings. The monoisotopic (exact) mass is 264 g/mol. The molecular formula is C14H24N4O. The molecule has 0 saturated heterocycles. The van der Waals surface area contributed by atoms with Gasteiger partial charge in [0.15, 0.2) is 0 Å². The summed E-state index contributed by atoms with van der Waals surface area (Å²) >= 11 is 0. The van der Waals surface area contributed by atoms with Crippen LogP contribution in [0.2, 0.25) is 0 Å². The third-order valence-corrected chi connectivity index (χ3v) is 2.75. The number of nitrogens with one attached hydrogen (secondary N) is 1. The van der Waals surface area contributed by atoms with Gasteiger partial charge < -0.3 is 4.90 Å². The van der Waals surface area contributed by atoms with Gasteiger partial charge in [-0.05, 0) is 20.8 Å². The van der Waals surface area contributed by atoms with Crippen molar-refractivity contribution in [3.63, 3.8) is 0 Å². The van der Waals surface area contributed by atoms with Gasteiger partial charge in [0.2, 0.25) is 5.82 Å². The molecule has 0 bridgehead atoms. The lowest BCUT2D eigenvalue weighted by atomic mass is 9.96. The Morgan fingerprint density at radius 2 is 1.89 bits per heavy atom. The summed E-state index contributed by atoms with van der Waals surface area (Å²) in [6, 6.07) is 0. The third kappa shape index (κ3) is 3.66. The Balaban J connectivity index is 3.04. The average molecular weight is 264 g/mol. The van der Waals surface area contributed by atoms with E-state index in [4.69, 9.17) is 0 Å². The molecule has 1 rings (SSSR count). The van der Waals surface area contributed by atoms with Crippen LogP contribution in [0.1, 0.15) is 58.0 Å². The molecule has 0 radical (unpaired) electrons. The number of aromatic nitrogens is 3. The summed E-state index contributed by atoms with van der Waals surface area (Å²) < 4.78 is 0. The highest BCUT2D eigenvalue weighted by Crippen LogP contribution is 2.19. The van der Waals surface area contributed by atoms with Gasteiger partial charge in [-0.25, -0.2) is 4.98 Å². The molecule has 0 aliphatic rings. The fourth-order valence-electron chi connectivity index (χ4n) is 1.60. The molecule has 1 amide bonds. The van der Waals surface area contributed by atoms with E-state index in [-0.39, 0.29) is 22.7 Å². The lowest BCUT2D eigenvalue weighted by Gasteiger charge is -2.34. The molecule has 0 saturated carbocycles. The standard InChI is InChI=1S/C14H24N4O/c1-8-9-18(14(5,6)7)11(19)10-15-12(17-16-10)13(2,3)4/h8H,1,9H2,2-7H3,(H,15,16,17). The van der Waals surface area contributed by atoms with E-state index in [2.05, 4.69) is 21.8 Å². The molecule has 0 unspecified atom stereocenters. The van der Waals surface area contributed by atoms with E-state index >= 15 is 0 Å². The summed E-state index contributed by atoms with van der Waals surface area (Å²) in [6.45, 7) is 16.2. The summed E-state index contributed by atoms with van der Waals surface area (Å²) in [5, 5.41) is 6.88. The number of nitrogens with zero attached hydrogens (tertiary/aromatic N) is 3. The first-order chi connectivity index (χ1) is 8.57. The maximum absolute atomic E-state index is 12.5. The van der Waals surface area contributed by atoms with Crippen LogP contribution in [0.4, 0.5) is 0 Å². The van der Waals surface area contributed by atoms with Gasteiger partial charge in [-0.1, -0.05) is 26.8 Å². The van der Waals surface area contributed by atoms with Crippen LogP contribution in [-0.2, 0) is 5.41 Å². The molecular weight excluding hydrogens is 240 g/mol. The van der Waals surface area contributed by atoms with Crippen molar-refractivity contribution in [3.8, 4) is 0 Å². The number of hydrogen-bond acceptors (Lipinski definition) is 3. The first-order valence-corrected chi connectivity index (χ1v) is 6.43. The van der Waals surface area contributed by atoms with Gasteiger partial charge in [-0.2, -0.15) is 0 Å². The molecule has 0 spiro atoms. The van der Waals surface area contributed by atoms with Crippen molar-refractivity contribution in [1.82, 2.24) is 20.1 Å². The number of carbonyl (C=O) groups is 1. The Labute approximate surface area is 115 Å². The predicted molar refractivity (Wildman–Crippen MR) is 76.1 cm³/mol. The van der Waals surface area contributed by atoms with Crippen molar-refractivity contribution in [2.24, 2.45) is 0 Å². The highest BCUT2D eigenvalue weighted by Gasteiger charge is 2.30. The van der Waals surface area contributed by atoms with Crippen LogP contribution in [0.15, 0.2) is 12.7 Å². The molecule has 1 heterocycles. The van der Waals surface area contributed by atoms with Gasteiger partial charge in [0.1, 0.15) is 5.82 Å². The number of amides is 1. The second-order valence-corrected chi connectivity index (χ2v) is 6.63. The van der Waals surface area contributed by atoms with E-state index in [1.54, 1.807) is 11.0 Å². The molecule has 19 heavy (non-hydrogen) atoms. The van der Waals surface area contributed by atoms with E-state index in [9.17, 15) is 4.79 Å². The average Bonchev–Trinajstić information content (AvgIpc) is 2.72. The second kappa shape index (κ2) is 5.15. The summed E-state index contributed by atoms with van der Waals surface area (Å²) in [7, 11) is 0. The Morgan fingerprint density at radius 1 is 1.32 bits per heavy atom. The normalized spacial score (nSPS) is 12.3. The maximum Gasteiger partial charge on any atom is 0.294 e. The van der Waals surface area contributed by atoms with Gasteiger partial charge in [0.05, 0.1) is 0 Å². The van der Waals surface area contributed by atoms with Crippen LogP contribution in [0.5, 0.6) is 0 Å². The fourth-order valence-corrected chi connectivity index (χ4v) is 1.60. The van der Waals surface area contributed by atoms with E-state index in [1.807, 2.05) is 41.5 Å². The SMILES string of the molecule is C=CCN(C(=O)c1n[nH]c(C(C)(C)C)n1)C(C)(C)C.